The van der Waals surface area contributed by atoms with Gasteiger partial charge in [0, 0.05) is 44.5 Å². The van der Waals surface area contributed by atoms with E-state index in [1.54, 1.807) is 0 Å². The van der Waals surface area contributed by atoms with E-state index in [1.807, 2.05) is 0 Å². The zero-order valence-corrected chi connectivity index (χ0v) is 33.8. The molecular weight excluding hydrogens is 764 g/mol. The second kappa shape index (κ2) is 34.6. The molecule has 0 aliphatic carbocycles. The van der Waals surface area contributed by atoms with Crippen molar-refractivity contribution in [2.45, 2.75) is 122 Å². The van der Waals surface area contributed by atoms with Crippen molar-refractivity contribution in [2.75, 3.05) is 65.9 Å². The van der Waals surface area contributed by atoms with E-state index in [-0.39, 0.29) is 103 Å². The topological polar surface area (TPSA) is 271 Å². The van der Waals surface area contributed by atoms with Crippen LogP contribution in [-0.2, 0) is 47.7 Å². The van der Waals surface area contributed by atoms with E-state index in [4.69, 9.17) is 28.9 Å². The normalized spacial score (nSPS) is 11.5. The fourth-order valence-electron chi connectivity index (χ4n) is 5.53. The van der Waals surface area contributed by atoms with E-state index in [9.17, 15) is 44.1 Å². The number of amides is 3. The predicted molar refractivity (Wildman–Crippen MR) is 209 cm³/mol. The standard InChI is InChI=1S/C39H66N4O15/c44-32(18-17-31(39(52)53)42-33(45)15-13-11-9-7-5-3-1-2-4-6-8-10-12-14-16-37(49)50)40-21-23-54-25-27-56-29-34(46)41-22-24-55-26-28-57-30-38(51)58-43-35(47)19-20-36(43)48/h19-20,31,47-48H,1-18,21-30H2,(H,40,44)(H,41,46)(H,42,45)(H,49,50)(H,52,53)/t31-/m0/s1. The van der Waals surface area contributed by atoms with E-state index >= 15 is 0 Å². The number of hydrogen-bond donors (Lipinski definition) is 7. The summed E-state index contributed by atoms with van der Waals surface area (Å²) in [6.45, 7) is 0.703. The maximum atomic E-state index is 12.3. The Morgan fingerprint density at radius 1 is 0.534 bits per heavy atom. The Balaban J connectivity index is 1.92. The van der Waals surface area contributed by atoms with Gasteiger partial charge in [-0.05, 0) is 19.3 Å². The number of aromatic nitrogens is 1. The van der Waals surface area contributed by atoms with Crippen LogP contribution in [0, 0.1) is 0 Å². The lowest BCUT2D eigenvalue weighted by molar-refractivity contribution is -0.151. The Morgan fingerprint density at radius 3 is 1.48 bits per heavy atom. The molecule has 0 unspecified atom stereocenters. The van der Waals surface area contributed by atoms with E-state index in [0.717, 1.165) is 57.1 Å². The van der Waals surface area contributed by atoms with E-state index < -0.39 is 42.3 Å². The minimum atomic E-state index is -1.19. The molecule has 332 valence electrons. The first-order chi connectivity index (χ1) is 28.0. The number of nitrogens with one attached hydrogen (secondary N) is 3. The van der Waals surface area contributed by atoms with Crippen LogP contribution in [0.5, 0.6) is 11.8 Å². The van der Waals surface area contributed by atoms with Crippen molar-refractivity contribution in [1.29, 1.82) is 0 Å². The minimum absolute atomic E-state index is 0.0364. The molecule has 0 saturated carbocycles. The van der Waals surface area contributed by atoms with Gasteiger partial charge in [0.2, 0.25) is 29.5 Å². The van der Waals surface area contributed by atoms with Gasteiger partial charge in [0.15, 0.2) is 0 Å². The number of unbranched alkanes of at least 4 members (excludes halogenated alkanes) is 13. The van der Waals surface area contributed by atoms with Crippen LogP contribution < -0.4 is 20.8 Å². The molecule has 0 spiro atoms. The number of nitrogens with zero attached hydrogens (tertiary/aromatic N) is 1. The number of carboxylic acids is 2. The molecule has 1 atom stereocenters. The molecule has 0 aliphatic rings. The number of aromatic hydroxyl groups is 2. The number of carbonyl (C=O) groups is 6. The van der Waals surface area contributed by atoms with E-state index in [0.29, 0.717) is 11.2 Å². The Morgan fingerprint density at radius 2 is 0.983 bits per heavy atom. The molecule has 0 fully saturated rings. The summed E-state index contributed by atoms with van der Waals surface area (Å²) in [5.41, 5.74) is 0. The number of rotatable bonds is 39. The lowest BCUT2D eigenvalue weighted by Crippen LogP contribution is -2.41. The van der Waals surface area contributed by atoms with Crippen LogP contribution in [0.3, 0.4) is 0 Å². The Labute approximate surface area is 340 Å². The van der Waals surface area contributed by atoms with Gasteiger partial charge in [0.25, 0.3) is 0 Å². The summed E-state index contributed by atoms with van der Waals surface area (Å²) in [6.07, 6.45) is 15.4. The van der Waals surface area contributed by atoms with Crippen LogP contribution in [0.1, 0.15) is 116 Å². The van der Waals surface area contributed by atoms with Crippen LogP contribution in [0.25, 0.3) is 0 Å². The van der Waals surface area contributed by atoms with Gasteiger partial charge in [-0.25, -0.2) is 9.59 Å². The highest BCUT2D eigenvalue weighted by Gasteiger charge is 2.21. The average Bonchev–Trinajstić information content (AvgIpc) is 3.50. The molecule has 1 heterocycles. The van der Waals surface area contributed by atoms with Crippen molar-refractivity contribution in [3.8, 4) is 11.8 Å². The number of carbonyl (C=O) groups excluding carboxylic acids is 4. The van der Waals surface area contributed by atoms with Crippen LogP contribution >= 0.6 is 0 Å². The first kappa shape index (κ1) is 51.6. The van der Waals surface area contributed by atoms with Gasteiger partial charge < -0.3 is 60.2 Å². The quantitative estimate of drug-likeness (QED) is 0.0470. The third-order valence-corrected chi connectivity index (χ3v) is 8.66. The second-order valence-electron chi connectivity index (χ2n) is 13.7. The highest BCUT2D eigenvalue weighted by Crippen LogP contribution is 2.18. The summed E-state index contributed by atoms with van der Waals surface area (Å²) >= 11 is 0. The number of hydrogen-bond acceptors (Lipinski definition) is 13. The third-order valence-electron chi connectivity index (χ3n) is 8.66. The molecule has 0 aromatic carbocycles. The first-order valence-electron chi connectivity index (χ1n) is 20.4. The highest BCUT2D eigenvalue weighted by atomic mass is 16.7. The molecule has 58 heavy (non-hydrogen) atoms. The van der Waals surface area contributed by atoms with Crippen LogP contribution in [0.4, 0.5) is 0 Å². The molecular formula is C39H66N4O15. The Bertz CT molecular complexity index is 1290. The molecule has 7 N–H and O–H groups in total. The van der Waals surface area contributed by atoms with Crippen molar-refractivity contribution in [2.24, 2.45) is 0 Å². The summed E-state index contributed by atoms with van der Waals surface area (Å²) in [5.74, 6) is -4.70. The van der Waals surface area contributed by atoms with Gasteiger partial charge in [-0.3, -0.25) is 19.2 Å². The number of aliphatic carboxylic acids is 2. The summed E-state index contributed by atoms with van der Waals surface area (Å²) in [7, 11) is 0. The van der Waals surface area contributed by atoms with Crippen molar-refractivity contribution >= 4 is 35.6 Å². The lowest BCUT2D eigenvalue weighted by atomic mass is 10.0. The third kappa shape index (κ3) is 29.7. The molecule has 1 aromatic rings. The predicted octanol–water partition coefficient (Wildman–Crippen LogP) is 2.83. The SMILES string of the molecule is O=C(O)CCCCCCCCCCCCCCCCC(=O)N[C@@H](CCC(=O)NCCOCCOCC(=O)NCCOCCOCC(=O)On1c(O)ccc1O)C(=O)O. The zero-order chi connectivity index (χ0) is 42.6. The number of carboxylic acid groups (broad SMARTS) is 2. The molecule has 19 heteroatoms. The fraction of sp³-hybridized carbons (Fsp3) is 0.744. The highest BCUT2D eigenvalue weighted by molar-refractivity contribution is 5.84. The Hall–Kier alpha value is -4.46. The smallest absolute Gasteiger partial charge is 0.358 e. The molecule has 0 saturated heterocycles. The minimum Gasteiger partial charge on any atom is -0.492 e. The zero-order valence-electron chi connectivity index (χ0n) is 33.8. The molecule has 3 amide bonds. The molecule has 0 radical (unpaired) electrons. The van der Waals surface area contributed by atoms with Crippen molar-refractivity contribution < 1.29 is 73.0 Å². The van der Waals surface area contributed by atoms with E-state index in [1.165, 1.54) is 38.5 Å². The van der Waals surface area contributed by atoms with Gasteiger partial charge in [-0.15, -0.1) is 4.73 Å². The van der Waals surface area contributed by atoms with Crippen LogP contribution in [0.15, 0.2) is 12.1 Å². The monoisotopic (exact) mass is 830 g/mol. The van der Waals surface area contributed by atoms with Gasteiger partial charge in [-0.2, -0.15) is 0 Å². The van der Waals surface area contributed by atoms with Gasteiger partial charge in [0.05, 0.1) is 39.6 Å². The maximum Gasteiger partial charge on any atom is 0.358 e. The molecule has 0 bridgehead atoms. The molecule has 1 rings (SSSR count). The largest absolute Gasteiger partial charge is 0.492 e. The average molecular weight is 831 g/mol. The fourth-order valence-corrected chi connectivity index (χ4v) is 5.53. The molecule has 1 aromatic heterocycles. The van der Waals surface area contributed by atoms with Gasteiger partial charge >= 0.3 is 17.9 Å². The van der Waals surface area contributed by atoms with Crippen LogP contribution in [0.2, 0.25) is 0 Å². The first-order valence-corrected chi connectivity index (χ1v) is 20.4. The summed E-state index contributed by atoms with van der Waals surface area (Å²) < 4.78 is 21.5. The molecule has 19 nitrogen and oxygen atoms in total. The summed E-state index contributed by atoms with van der Waals surface area (Å²) in [4.78, 5) is 74.8. The van der Waals surface area contributed by atoms with Crippen molar-refractivity contribution in [3.63, 3.8) is 0 Å². The molecule has 0 aliphatic heterocycles. The van der Waals surface area contributed by atoms with Crippen LogP contribution in [-0.4, -0.2) is 133 Å². The van der Waals surface area contributed by atoms with Gasteiger partial charge in [0.1, 0.15) is 19.3 Å². The van der Waals surface area contributed by atoms with Crippen molar-refractivity contribution in [1.82, 2.24) is 20.7 Å². The second-order valence-corrected chi connectivity index (χ2v) is 13.7. The summed E-state index contributed by atoms with van der Waals surface area (Å²) in [6, 6.07) is 1.15. The van der Waals surface area contributed by atoms with Crippen molar-refractivity contribution in [3.05, 3.63) is 12.1 Å². The van der Waals surface area contributed by atoms with Gasteiger partial charge in [-0.1, -0.05) is 77.0 Å². The Kier molecular flexibility index (Phi) is 30.7. The van der Waals surface area contributed by atoms with E-state index in [2.05, 4.69) is 16.0 Å². The lowest BCUT2D eigenvalue weighted by Gasteiger charge is -2.14. The summed E-state index contributed by atoms with van der Waals surface area (Å²) in [5, 5.41) is 44.8. The maximum absolute atomic E-state index is 12.3. The number of ether oxygens (including phenoxy) is 4.